The van der Waals surface area contributed by atoms with Gasteiger partial charge in [-0.25, -0.2) is 0 Å². The Labute approximate surface area is 114 Å². The van der Waals surface area contributed by atoms with Crippen LogP contribution in [0, 0.1) is 24.2 Å². The zero-order valence-electron chi connectivity index (χ0n) is 11.3. The van der Waals surface area contributed by atoms with E-state index in [1.54, 1.807) is 13.8 Å². The van der Waals surface area contributed by atoms with Crippen LogP contribution in [0.3, 0.4) is 0 Å². The molecular formula is C14H14F2O4. The molecule has 20 heavy (non-hydrogen) atoms. The van der Waals surface area contributed by atoms with Crippen LogP contribution < -0.4 is 10.2 Å². The fourth-order valence-corrected chi connectivity index (χ4v) is 2.36. The Bertz CT molecular complexity index is 626. The average molecular weight is 284 g/mol. The number of ether oxygens (including phenoxy) is 1. The van der Waals surface area contributed by atoms with Crippen LogP contribution in [0.2, 0.25) is 0 Å². The minimum atomic E-state index is -1.83. The van der Waals surface area contributed by atoms with Gasteiger partial charge in [0.2, 0.25) is 11.2 Å². The monoisotopic (exact) mass is 284 g/mol. The SMILES string of the molecule is Cc1occc(=O)c1OC(=O)C1C(C=C(F)F)C1(C)C. The summed E-state index contributed by atoms with van der Waals surface area (Å²) in [5.41, 5.74) is -1.09. The van der Waals surface area contributed by atoms with E-state index in [4.69, 9.17) is 9.15 Å². The lowest BCUT2D eigenvalue weighted by molar-refractivity contribution is -0.137. The molecule has 2 atom stereocenters. The number of carbonyl (C=O) groups is 1. The van der Waals surface area contributed by atoms with Gasteiger partial charge in [0.15, 0.2) is 0 Å². The van der Waals surface area contributed by atoms with E-state index in [1.165, 1.54) is 13.2 Å². The smallest absolute Gasteiger partial charge is 0.315 e. The Morgan fingerprint density at radius 2 is 2.10 bits per heavy atom. The van der Waals surface area contributed by atoms with E-state index in [-0.39, 0.29) is 11.5 Å². The molecule has 0 radical (unpaired) electrons. The van der Waals surface area contributed by atoms with Crippen molar-refractivity contribution in [2.75, 3.05) is 0 Å². The number of rotatable bonds is 3. The molecule has 4 nitrogen and oxygen atoms in total. The normalized spacial score (nSPS) is 23.1. The summed E-state index contributed by atoms with van der Waals surface area (Å²) in [6.07, 6.45) is 0.126. The number of halogens is 2. The van der Waals surface area contributed by atoms with E-state index in [2.05, 4.69) is 0 Å². The van der Waals surface area contributed by atoms with E-state index < -0.39 is 34.7 Å². The zero-order chi connectivity index (χ0) is 15.1. The van der Waals surface area contributed by atoms with Gasteiger partial charge in [0.1, 0.15) is 5.76 Å². The summed E-state index contributed by atoms with van der Waals surface area (Å²) in [5, 5.41) is 0. The van der Waals surface area contributed by atoms with Crippen LogP contribution >= 0.6 is 0 Å². The lowest BCUT2D eigenvalue weighted by Crippen LogP contribution is -2.18. The van der Waals surface area contributed by atoms with Gasteiger partial charge in [0.25, 0.3) is 6.08 Å². The minimum Gasteiger partial charge on any atom is -0.465 e. The van der Waals surface area contributed by atoms with Crippen LogP contribution in [-0.2, 0) is 4.79 Å². The fourth-order valence-electron chi connectivity index (χ4n) is 2.36. The summed E-state index contributed by atoms with van der Waals surface area (Å²) < 4.78 is 34.6. The first-order valence-electron chi connectivity index (χ1n) is 6.08. The number of carbonyl (C=O) groups excluding carboxylic acids is 1. The van der Waals surface area contributed by atoms with Gasteiger partial charge in [-0.05, 0) is 18.4 Å². The summed E-state index contributed by atoms with van der Waals surface area (Å²) in [6, 6.07) is 1.13. The van der Waals surface area contributed by atoms with Gasteiger partial charge in [-0.3, -0.25) is 9.59 Å². The maximum Gasteiger partial charge on any atom is 0.315 e. The highest BCUT2D eigenvalue weighted by atomic mass is 19.3. The van der Waals surface area contributed by atoms with Gasteiger partial charge in [0.05, 0.1) is 12.2 Å². The molecule has 2 unspecified atom stereocenters. The highest BCUT2D eigenvalue weighted by molar-refractivity contribution is 5.80. The second-order valence-corrected chi connectivity index (χ2v) is 5.37. The first-order valence-corrected chi connectivity index (χ1v) is 6.08. The molecule has 1 aromatic heterocycles. The minimum absolute atomic E-state index is 0.174. The van der Waals surface area contributed by atoms with Crippen molar-refractivity contribution < 1.29 is 22.7 Å². The Morgan fingerprint density at radius 1 is 1.45 bits per heavy atom. The highest BCUT2D eigenvalue weighted by Crippen LogP contribution is 2.59. The molecule has 2 rings (SSSR count). The lowest BCUT2D eigenvalue weighted by Gasteiger charge is -2.05. The number of hydrogen-bond acceptors (Lipinski definition) is 4. The molecule has 1 aliphatic rings. The number of hydrogen-bond donors (Lipinski definition) is 0. The molecule has 0 amide bonds. The van der Waals surface area contributed by atoms with E-state index in [0.717, 1.165) is 12.1 Å². The van der Waals surface area contributed by atoms with Crippen molar-refractivity contribution in [1.82, 2.24) is 0 Å². The fraction of sp³-hybridized carbons (Fsp3) is 0.429. The second kappa shape index (κ2) is 4.85. The van der Waals surface area contributed by atoms with Gasteiger partial charge in [-0.15, -0.1) is 0 Å². The van der Waals surface area contributed by atoms with Crippen LogP contribution in [0.1, 0.15) is 19.6 Å². The molecule has 1 aliphatic carbocycles. The van der Waals surface area contributed by atoms with Gasteiger partial charge in [-0.2, -0.15) is 8.78 Å². The van der Waals surface area contributed by atoms with Crippen LogP contribution in [0.25, 0.3) is 0 Å². The van der Waals surface area contributed by atoms with Gasteiger partial charge in [-0.1, -0.05) is 13.8 Å². The molecule has 0 bridgehead atoms. The summed E-state index contributed by atoms with van der Waals surface area (Å²) in [7, 11) is 0. The van der Waals surface area contributed by atoms with Crippen molar-refractivity contribution in [3.05, 3.63) is 40.5 Å². The van der Waals surface area contributed by atoms with Crippen molar-refractivity contribution in [2.24, 2.45) is 17.3 Å². The van der Waals surface area contributed by atoms with Crippen LogP contribution in [0.5, 0.6) is 5.75 Å². The topological polar surface area (TPSA) is 56.5 Å². The van der Waals surface area contributed by atoms with Gasteiger partial charge < -0.3 is 9.15 Å². The molecule has 6 heteroatoms. The Kier molecular flexibility index (Phi) is 3.50. The highest BCUT2D eigenvalue weighted by Gasteiger charge is 2.62. The molecule has 1 fully saturated rings. The Hall–Kier alpha value is -1.98. The van der Waals surface area contributed by atoms with Gasteiger partial charge >= 0.3 is 5.97 Å². The third-order valence-electron chi connectivity index (χ3n) is 3.68. The van der Waals surface area contributed by atoms with Crippen LogP contribution in [0.4, 0.5) is 8.78 Å². The molecular weight excluding hydrogens is 270 g/mol. The Balaban J connectivity index is 2.19. The molecule has 1 aromatic rings. The molecule has 0 aromatic carbocycles. The van der Waals surface area contributed by atoms with Gasteiger partial charge in [0, 0.05) is 12.0 Å². The Morgan fingerprint density at radius 3 is 2.65 bits per heavy atom. The summed E-state index contributed by atoms with van der Waals surface area (Å²) in [6.45, 7) is 4.88. The lowest BCUT2D eigenvalue weighted by atomic mass is 10.1. The van der Waals surface area contributed by atoms with Crippen molar-refractivity contribution in [1.29, 1.82) is 0 Å². The number of allylic oxidation sites excluding steroid dienone is 1. The van der Waals surface area contributed by atoms with E-state index in [9.17, 15) is 18.4 Å². The molecule has 1 heterocycles. The first-order chi connectivity index (χ1) is 9.25. The molecule has 1 saturated carbocycles. The predicted octanol–water partition coefficient (Wildman–Crippen LogP) is 2.91. The first kappa shape index (κ1) is 14.4. The molecule has 0 N–H and O–H groups in total. The van der Waals surface area contributed by atoms with Crippen molar-refractivity contribution in [3.63, 3.8) is 0 Å². The standard InChI is InChI=1S/C14H14F2O4/c1-7-12(9(17)4-5-19-7)20-13(18)11-8(6-10(15)16)14(11,2)3/h4-6,8,11H,1-3H3. The quantitative estimate of drug-likeness (QED) is 0.801. The number of esters is 1. The van der Waals surface area contributed by atoms with E-state index >= 15 is 0 Å². The zero-order valence-corrected chi connectivity index (χ0v) is 11.3. The summed E-state index contributed by atoms with van der Waals surface area (Å²) in [4.78, 5) is 23.6. The maximum absolute atomic E-state index is 12.3. The van der Waals surface area contributed by atoms with E-state index in [0.29, 0.717) is 0 Å². The third kappa shape index (κ3) is 2.50. The summed E-state index contributed by atoms with van der Waals surface area (Å²) in [5.74, 6) is -1.99. The molecule has 0 saturated heterocycles. The van der Waals surface area contributed by atoms with E-state index in [1.807, 2.05) is 0 Å². The van der Waals surface area contributed by atoms with Crippen molar-refractivity contribution >= 4 is 5.97 Å². The largest absolute Gasteiger partial charge is 0.465 e. The van der Waals surface area contributed by atoms with Crippen LogP contribution in [-0.4, -0.2) is 5.97 Å². The predicted molar refractivity (Wildman–Crippen MR) is 66.4 cm³/mol. The number of aryl methyl sites for hydroxylation is 1. The van der Waals surface area contributed by atoms with Crippen molar-refractivity contribution in [3.8, 4) is 5.75 Å². The van der Waals surface area contributed by atoms with Crippen LogP contribution in [0.15, 0.2) is 33.7 Å². The maximum atomic E-state index is 12.3. The van der Waals surface area contributed by atoms with Crippen molar-refractivity contribution in [2.45, 2.75) is 20.8 Å². The second-order valence-electron chi connectivity index (χ2n) is 5.37. The average Bonchev–Trinajstić information content (AvgIpc) is 2.84. The molecule has 108 valence electrons. The molecule has 0 aliphatic heterocycles. The third-order valence-corrected chi connectivity index (χ3v) is 3.68. The summed E-state index contributed by atoms with van der Waals surface area (Å²) >= 11 is 0. The molecule has 0 spiro atoms.